The number of hydrogen-bond donors (Lipinski definition) is 2. The molecule has 2 heterocycles. The highest BCUT2D eigenvalue weighted by Gasteiger charge is 2.23. The summed E-state index contributed by atoms with van der Waals surface area (Å²) in [4.78, 5) is 8.00. The highest BCUT2D eigenvalue weighted by atomic mass is 15.1. The van der Waals surface area contributed by atoms with Crippen molar-refractivity contribution < 1.29 is 4.99 Å². The van der Waals surface area contributed by atoms with E-state index in [1.807, 2.05) is 0 Å². The van der Waals surface area contributed by atoms with Crippen molar-refractivity contribution in [2.75, 3.05) is 18.4 Å². The Morgan fingerprint density at radius 2 is 1.96 bits per heavy atom. The average molecular weight is 342 g/mol. The molecule has 0 spiro atoms. The second-order valence-electron chi connectivity index (χ2n) is 7.38. The Balaban J connectivity index is 1.71. The number of pyridine rings is 1. The molecule has 0 bridgehead atoms. The maximum atomic E-state index is 5.02. The van der Waals surface area contributed by atoms with Crippen LogP contribution in [0.25, 0.3) is 5.65 Å². The standard InChI is InChI=1S/C21H32N4/c1-17-11-10-14-19-24-20(18-12-6-5-7-13-18)21(25(17)19)23-16-9-4-3-8-15-22-2/h10-11,14,18,23H,2-9,12-13,15-16H2,1H3/p+1. The minimum absolute atomic E-state index is 0.624. The van der Waals surface area contributed by atoms with Gasteiger partial charge in [-0.2, -0.15) is 0 Å². The summed E-state index contributed by atoms with van der Waals surface area (Å²) in [6, 6.07) is 6.43. The minimum atomic E-state index is 0.624. The van der Waals surface area contributed by atoms with E-state index in [9.17, 15) is 0 Å². The summed E-state index contributed by atoms with van der Waals surface area (Å²) in [5, 5.41) is 3.74. The number of imidazole rings is 1. The first kappa shape index (κ1) is 18.0. The first-order valence-electron chi connectivity index (χ1n) is 10.0. The van der Waals surface area contributed by atoms with Crippen LogP contribution < -0.4 is 10.3 Å². The maximum Gasteiger partial charge on any atom is 0.140 e. The van der Waals surface area contributed by atoms with Gasteiger partial charge in [0.15, 0.2) is 0 Å². The van der Waals surface area contributed by atoms with Crippen LogP contribution in [0.1, 0.15) is 75.1 Å². The Morgan fingerprint density at radius 3 is 2.76 bits per heavy atom. The van der Waals surface area contributed by atoms with E-state index < -0.39 is 0 Å². The number of nitrogens with zero attached hydrogens (tertiary/aromatic N) is 2. The minimum Gasteiger partial charge on any atom is -0.370 e. The van der Waals surface area contributed by atoms with Crippen LogP contribution in [0.4, 0.5) is 5.82 Å². The molecular weight excluding hydrogens is 308 g/mol. The molecule has 0 amide bonds. The molecule has 2 aromatic heterocycles. The van der Waals surface area contributed by atoms with E-state index >= 15 is 0 Å². The van der Waals surface area contributed by atoms with Crippen LogP contribution in [-0.2, 0) is 0 Å². The Morgan fingerprint density at radius 1 is 1.16 bits per heavy atom. The van der Waals surface area contributed by atoms with Crippen molar-refractivity contribution in [1.82, 2.24) is 9.38 Å². The SMILES string of the molecule is C=[NH+]CCCCCCNc1c(C2CCCCC2)nc2cccc(C)n12. The topological polar surface area (TPSA) is 43.3 Å². The molecule has 1 aliphatic rings. The molecule has 136 valence electrons. The summed E-state index contributed by atoms with van der Waals surface area (Å²) < 4.78 is 2.32. The fraction of sp³-hybridized carbons (Fsp3) is 0.619. The quantitative estimate of drug-likeness (QED) is 0.542. The van der Waals surface area contributed by atoms with Crippen LogP contribution in [-0.4, -0.2) is 29.2 Å². The predicted octanol–water partition coefficient (Wildman–Crippen LogP) is 3.44. The van der Waals surface area contributed by atoms with Gasteiger partial charge in [0, 0.05) is 24.6 Å². The van der Waals surface area contributed by atoms with Crippen LogP contribution in [0, 0.1) is 6.92 Å². The molecule has 25 heavy (non-hydrogen) atoms. The van der Waals surface area contributed by atoms with E-state index in [0.717, 1.165) is 18.7 Å². The van der Waals surface area contributed by atoms with Crippen LogP contribution >= 0.6 is 0 Å². The zero-order valence-corrected chi connectivity index (χ0v) is 15.7. The normalized spacial score (nSPS) is 15.6. The molecule has 1 fully saturated rings. The van der Waals surface area contributed by atoms with E-state index in [1.165, 1.54) is 75.0 Å². The lowest BCUT2D eigenvalue weighted by Crippen LogP contribution is -2.65. The monoisotopic (exact) mass is 341 g/mol. The Kier molecular flexibility index (Phi) is 6.48. The van der Waals surface area contributed by atoms with Gasteiger partial charge in [-0.1, -0.05) is 31.7 Å². The summed E-state index contributed by atoms with van der Waals surface area (Å²) in [6.45, 7) is 7.90. The first-order chi connectivity index (χ1) is 12.3. The molecule has 4 nitrogen and oxygen atoms in total. The number of aryl methyl sites for hydroxylation is 1. The fourth-order valence-electron chi connectivity index (χ4n) is 4.04. The highest BCUT2D eigenvalue weighted by molar-refractivity contribution is 5.57. The molecule has 3 rings (SSSR count). The molecule has 2 N–H and O–H groups in total. The summed E-state index contributed by atoms with van der Waals surface area (Å²) in [7, 11) is 0. The molecule has 2 aromatic rings. The summed E-state index contributed by atoms with van der Waals surface area (Å²) in [5.74, 6) is 1.87. The van der Waals surface area contributed by atoms with Gasteiger partial charge in [-0.3, -0.25) is 9.39 Å². The summed E-state index contributed by atoms with van der Waals surface area (Å²) >= 11 is 0. The number of unbranched alkanes of at least 4 members (excludes halogenated alkanes) is 3. The van der Waals surface area contributed by atoms with Gasteiger partial charge in [0.1, 0.15) is 24.7 Å². The van der Waals surface area contributed by atoms with E-state index in [2.05, 4.69) is 46.6 Å². The molecule has 4 heteroatoms. The summed E-state index contributed by atoms with van der Waals surface area (Å²) in [6.07, 6.45) is 11.6. The molecule has 1 aliphatic carbocycles. The lowest BCUT2D eigenvalue weighted by Gasteiger charge is -2.21. The largest absolute Gasteiger partial charge is 0.370 e. The molecule has 1 saturated carbocycles. The van der Waals surface area contributed by atoms with Crippen molar-refractivity contribution in [3.8, 4) is 0 Å². The van der Waals surface area contributed by atoms with Crippen LogP contribution in [0.3, 0.4) is 0 Å². The molecule has 0 atom stereocenters. The Bertz CT molecular complexity index is 683. The van der Waals surface area contributed by atoms with Crippen LogP contribution in [0.5, 0.6) is 0 Å². The maximum absolute atomic E-state index is 5.02. The van der Waals surface area contributed by atoms with Gasteiger partial charge in [0.2, 0.25) is 0 Å². The second kappa shape index (κ2) is 9.02. The number of nitrogens with one attached hydrogen (secondary N) is 2. The van der Waals surface area contributed by atoms with Crippen molar-refractivity contribution in [3.05, 3.63) is 29.6 Å². The molecule has 0 unspecified atom stereocenters. The van der Waals surface area contributed by atoms with E-state index in [4.69, 9.17) is 4.98 Å². The van der Waals surface area contributed by atoms with Gasteiger partial charge in [-0.25, -0.2) is 4.98 Å². The third kappa shape index (κ3) is 4.42. The molecule has 0 saturated heterocycles. The van der Waals surface area contributed by atoms with Gasteiger partial charge in [0.05, 0.1) is 5.69 Å². The van der Waals surface area contributed by atoms with Gasteiger partial charge in [-0.15, -0.1) is 0 Å². The van der Waals surface area contributed by atoms with Gasteiger partial charge < -0.3 is 5.32 Å². The fourth-order valence-corrected chi connectivity index (χ4v) is 4.04. The number of anilines is 1. The lowest BCUT2D eigenvalue weighted by molar-refractivity contribution is -0.447. The predicted molar refractivity (Wildman–Crippen MR) is 106 cm³/mol. The molecule has 0 aliphatic heterocycles. The zero-order valence-electron chi connectivity index (χ0n) is 15.7. The first-order valence-corrected chi connectivity index (χ1v) is 10.0. The van der Waals surface area contributed by atoms with Crippen molar-refractivity contribution in [1.29, 1.82) is 0 Å². The van der Waals surface area contributed by atoms with E-state index in [-0.39, 0.29) is 0 Å². The zero-order chi connectivity index (χ0) is 17.5. The van der Waals surface area contributed by atoms with Gasteiger partial charge >= 0.3 is 0 Å². The Labute approximate surface area is 151 Å². The van der Waals surface area contributed by atoms with Crippen LogP contribution in [0.2, 0.25) is 0 Å². The number of fused-ring (bicyclic) bond motifs is 1. The third-order valence-corrected chi connectivity index (χ3v) is 5.43. The average Bonchev–Trinajstić information content (AvgIpc) is 3.02. The van der Waals surface area contributed by atoms with Crippen molar-refractivity contribution in [2.24, 2.45) is 0 Å². The molecule has 0 radical (unpaired) electrons. The van der Waals surface area contributed by atoms with Crippen molar-refractivity contribution in [3.63, 3.8) is 0 Å². The second-order valence-corrected chi connectivity index (χ2v) is 7.38. The van der Waals surface area contributed by atoms with Gasteiger partial charge in [-0.05, 0) is 44.7 Å². The van der Waals surface area contributed by atoms with Crippen molar-refractivity contribution >= 4 is 18.2 Å². The van der Waals surface area contributed by atoms with Crippen molar-refractivity contribution in [2.45, 2.75) is 70.6 Å². The highest BCUT2D eigenvalue weighted by Crippen LogP contribution is 2.36. The number of rotatable bonds is 9. The number of hydrogen-bond acceptors (Lipinski definition) is 2. The molecule has 0 aromatic carbocycles. The van der Waals surface area contributed by atoms with E-state index in [0.29, 0.717) is 5.92 Å². The summed E-state index contributed by atoms with van der Waals surface area (Å²) in [5.41, 5.74) is 3.65. The van der Waals surface area contributed by atoms with Gasteiger partial charge in [0.25, 0.3) is 0 Å². The smallest absolute Gasteiger partial charge is 0.140 e. The van der Waals surface area contributed by atoms with Crippen LogP contribution in [0.15, 0.2) is 18.2 Å². The van der Waals surface area contributed by atoms with E-state index in [1.54, 1.807) is 0 Å². The third-order valence-electron chi connectivity index (χ3n) is 5.43. The Hall–Kier alpha value is -1.84. The number of aromatic nitrogens is 2. The lowest BCUT2D eigenvalue weighted by atomic mass is 9.87. The molecular formula is C21H33N4+.